The molecule has 2 heteroatoms. The summed E-state index contributed by atoms with van der Waals surface area (Å²) in [6, 6.07) is 16.4. The second-order valence-corrected chi connectivity index (χ2v) is 3.49. The van der Waals surface area contributed by atoms with Crippen molar-refractivity contribution in [2.24, 2.45) is 0 Å². The average molecular weight is 206 g/mol. The first-order valence-corrected chi connectivity index (χ1v) is 4.77. The van der Waals surface area contributed by atoms with Gasteiger partial charge in [-0.2, -0.15) is 0 Å². The van der Waals surface area contributed by atoms with Gasteiger partial charge in [0.1, 0.15) is 11.5 Å². The Balaban J connectivity index is 0.000000640. The summed E-state index contributed by atoms with van der Waals surface area (Å²) in [5.41, 5.74) is 2.54. The Morgan fingerprint density at radius 1 is 0.800 bits per heavy atom. The van der Waals surface area contributed by atoms with Crippen molar-refractivity contribution < 1.29 is 35.7 Å². The zero-order chi connectivity index (χ0) is 9.38. The average Bonchev–Trinajstić information content (AvgIpc) is 2.26. The number of hydrogen-bond donors (Lipinski definition) is 0. The van der Waals surface area contributed by atoms with Gasteiger partial charge in [-0.25, -0.2) is 0 Å². The third kappa shape index (κ3) is 1.96. The maximum Gasteiger partial charge on any atom is 1.00 e. The molecule has 2 aromatic carbocycles. The third-order valence-corrected chi connectivity index (χ3v) is 2.55. The maximum atomic E-state index is 5.78. The summed E-state index contributed by atoms with van der Waals surface area (Å²) in [6.45, 7) is 0. The van der Waals surface area contributed by atoms with Crippen LogP contribution < -0.4 is 34.3 Å². The fourth-order valence-electron chi connectivity index (χ4n) is 1.82. The van der Waals surface area contributed by atoms with Crippen LogP contribution in [0.25, 0.3) is 0 Å². The van der Waals surface area contributed by atoms with E-state index in [1.165, 1.54) is 11.1 Å². The van der Waals surface area contributed by atoms with Gasteiger partial charge in [-0.15, -0.1) is 0 Å². The van der Waals surface area contributed by atoms with Gasteiger partial charge in [-0.1, -0.05) is 36.4 Å². The predicted molar refractivity (Wildman–Crippen MR) is 56.9 cm³/mol. The smallest absolute Gasteiger partial charge is 1.00 e. The standard InChI is InChI=1S/C13H10O.Na.H/c1-3-7-12-10(5-1)9-11-6-2-4-8-13(11)14-12;;/h1-8H,9H2;;/q;+1;-1. The van der Waals surface area contributed by atoms with Crippen molar-refractivity contribution in [2.75, 3.05) is 0 Å². The largest absolute Gasteiger partial charge is 1.00 e. The molecule has 0 saturated heterocycles. The summed E-state index contributed by atoms with van der Waals surface area (Å²) in [5, 5.41) is 0. The number of para-hydroxylation sites is 2. The fraction of sp³-hybridized carbons (Fsp3) is 0.0769. The van der Waals surface area contributed by atoms with E-state index in [0.29, 0.717) is 0 Å². The molecule has 0 unspecified atom stereocenters. The Hall–Kier alpha value is -0.760. The summed E-state index contributed by atoms with van der Waals surface area (Å²) in [7, 11) is 0. The van der Waals surface area contributed by atoms with Crippen LogP contribution in [0.3, 0.4) is 0 Å². The molecular formula is C13H11NaO. The van der Waals surface area contributed by atoms with Crippen LogP contribution in [0.4, 0.5) is 0 Å². The first-order valence-electron chi connectivity index (χ1n) is 4.77. The topological polar surface area (TPSA) is 9.23 Å². The summed E-state index contributed by atoms with van der Waals surface area (Å²) in [5.74, 6) is 1.98. The summed E-state index contributed by atoms with van der Waals surface area (Å²) >= 11 is 0. The van der Waals surface area contributed by atoms with Crippen molar-refractivity contribution in [3.8, 4) is 11.5 Å². The monoisotopic (exact) mass is 206 g/mol. The minimum Gasteiger partial charge on any atom is -1.00 e. The second kappa shape index (κ2) is 4.40. The summed E-state index contributed by atoms with van der Waals surface area (Å²) in [4.78, 5) is 0. The number of hydrogen-bond acceptors (Lipinski definition) is 1. The first kappa shape index (κ1) is 10.7. The quantitative estimate of drug-likeness (QED) is 0.487. The summed E-state index contributed by atoms with van der Waals surface area (Å²) < 4.78 is 5.78. The molecule has 1 aliphatic heterocycles. The zero-order valence-corrected chi connectivity index (χ0v) is 10.7. The van der Waals surface area contributed by atoms with Crippen molar-refractivity contribution in [3.05, 3.63) is 59.7 Å². The van der Waals surface area contributed by atoms with Crippen LogP contribution in [0.2, 0.25) is 0 Å². The van der Waals surface area contributed by atoms with Crippen LogP contribution in [0, 0.1) is 0 Å². The van der Waals surface area contributed by atoms with E-state index < -0.39 is 0 Å². The van der Waals surface area contributed by atoms with Gasteiger partial charge in [0.25, 0.3) is 0 Å². The molecular weight excluding hydrogens is 195 g/mol. The second-order valence-electron chi connectivity index (χ2n) is 3.49. The Kier molecular flexibility index (Phi) is 3.15. The van der Waals surface area contributed by atoms with Crippen LogP contribution >= 0.6 is 0 Å². The molecule has 1 nitrogen and oxygen atoms in total. The van der Waals surface area contributed by atoms with E-state index in [1.807, 2.05) is 24.3 Å². The number of ether oxygens (including phenoxy) is 1. The van der Waals surface area contributed by atoms with E-state index in [2.05, 4.69) is 24.3 Å². The molecule has 0 bridgehead atoms. The van der Waals surface area contributed by atoms with Crippen molar-refractivity contribution in [1.29, 1.82) is 0 Å². The molecule has 1 heterocycles. The normalized spacial score (nSPS) is 11.7. The van der Waals surface area contributed by atoms with Crippen LogP contribution in [-0.2, 0) is 6.42 Å². The molecule has 0 spiro atoms. The van der Waals surface area contributed by atoms with E-state index in [1.54, 1.807) is 0 Å². The molecule has 0 amide bonds. The van der Waals surface area contributed by atoms with Gasteiger partial charge in [-0.3, -0.25) is 0 Å². The Bertz CT molecular complexity index is 397. The van der Waals surface area contributed by atoms with Gasteiger partial charge in [0.15, 0.2) is 0 Å². The van der Waals surface area contributed by atoms with Gasteiger partial charge >= 0.3 is 29.6 Å². The van der Waals surface area contributed by atoms with Gasteiger partial charge < -0.3 is 6.16 Å². The van der Waals surface area contributed by atoms with E-state index in [-0.39, 0.29) is 31.0 Å². The summed E-state index contributed by atoms with van der Waals surface area (Å²) in [6.07, 6.45) is 0.979. The van der Waals surface area contributed by atoms with Gasteiger partial charge in [0.2, 0.25) is 0 Å². The van der Waals surface area contributed by atoms with E-state index >= 15 is 0 Å². The number of rotatable bonds is 0. The minimum atomic E-state index is 0. The fourth-order valence-corrected chi connectivity index (χ4v) is 1.82. The molecule has 1 aliphatic rings. The molecule has 0 N–H and O–H groups in total. The Labute approximate surface area is 113 Å². The molecule has 0 radical (unpaired) electrons. The molecule has 15 heavy (non-hydrogen) atoms. The van der Waals surface area contributed by atoms with Gasteiger partial charge in [0.05, 0.1) is 0 Å². The maximum absolute atomic E-state index is 5.78. The Morgan fingerprint density at radius 2 is 1.27 bits per heavy atom. The van der Waals surface area contributed by atoms with Gasteiger partial charge in [0, 0.05) is 6.42 Å². The van der Waals surface area contributed by atoms with Crippen molar-refractivity contribution in [1.82, 2.24) is 0 Å². The van der Waals surface area contributed by atoms with E-state index in [4.69, 9.17) is 4.74 Å². The van der Waals surface area contributed by atoms with Crippen molar-refractivity contribution in [2.45, 2.75) is 6.42 Å². The molecule has 70 valence electrons. The van der Waals surface area contributed by atoms with Gasteiger partial charge in [-0.05, 0) is 23.3 Å². The molecule has 0 atom stereocenters. The SMILES string of the molecule is [H-].[Na+].c1ccc2c(c1)Cc1ccccc1O2. The number of fused-ring (bicyclic) bond motifs is 2. The number of benzene rings is 2. The molecule has 0 fully saturated rings. The van der Waals surface area contributed by atoms with Crippen LogP contribution in [0.15, 0.2) is 48.5 Å². The molecule has 0 aromatic heterocycles. The van der Waals surface area contributed by atoms with Crippen LogP contribution in [-0.4, -0.2) is 0 Å². The van der Waals surface area contributed by atoms with Crippen LogP contribution in [0.5, 0.6) is 11.5 Å². The molecule has 2 aromatic rings. The van der Waals surface area contributed by atoms with Crippen molar-refractivity contribution >= 4 is 0 Å². The first-order chi connectivity index (χ1) is 6.93. The van der Waals surface area contributed by atoms with Crippen molar-refractivity contribution in [3.63, 3.8) is 0 Å². The minimum absolute atomic E-state index is 0. The molecule has 3 rings (SSSR count). The third-order valence-electron chi connectivity index (χ3n) is 2.55. The Morgan fingerprint density at radius 3 is 1.80 bits per heavy atom. The molecule has 0 saturated carbocycles. The van der Waals surface area contributed by atoms with E-state index in [0.717, 1.165) is 17.9 Å². The zero-order valence-electron chi connectivity index (χ0n) is 9.73. The molecule has 0 aliphatic carbocycles. The van der Waals surface area contributed by atoms with Crippen LogP contribution in [0.1, 0.15) is 12.6 Å². The predicted octanol–water partition coefficient (Wildman–Crippen LogP) is 0.500. The van der Waals surface area contributed by atoms with E-state index in [9.17, 15) is 0 Å².